The zero-order chi connectivity index (χ0) is 14.4. The van der Waals surface area contributed by atoms with Gasteiger partial charge in [-0.25, -0.2) is 0 Å². The van der Waals surface area contributed by atoms with E-state index in [1.165, 1.54) is 0 Å². The highest BCUT2D eigenvalue weighted by Crippen LogP contribution is 2.20. The summed E-state index contributed by atoms with van der Waals surface area (Å²) in [6.07, 6.45) is 0. The lowest BCUT2D eigenvalue weighted by atomic mass is 10.2. The molecule has 5 heteroatoms. The average Bonchev–Trinajstić information content (AvgIpc) is 2.31. The maximum atomic E-state index is 11.7. The molecule has 0 saturated carbocycles. The van der Waals surface area contributed by atoms with E-state index < -0.39 is 0 Å². The Balaban J connectivity index is 2.44. The van der Waals surface area contributed by atoms with Crippen LogP contribution >= 0.6 is 15.9 Å². The maximum absolute atomic E-state index is 11.7. The molecule has 4 nitrogen and oxygen atoms in total. The zero-order valence-corrected chi connectivity index (χ0v) is 13.3. The van der Waals surface area contributed by atoms with Gasteiger partial charge in [-0.1, -0.05) is 19.9 Å². The SMILES string of the molecule is CC(C)CNC(=O)CN(C)Cc1ccc(Br)c(N)c1. The predicted molar refractivity (Wildman–Crippen MR) is 82.7 cm³/mol. The monoisotopic (exact) mass is 327 g/mol. The first kappa shape index (κ1) is 16.0. The summed E-state index contributed by atoms with van der Waals surface area (Å²) in [5.74, 6) is 0.529. The van der Waals surface area contributed by atoms with Gasteiger partial charge in [-0.3, -0.25) is 9.69 Å². The van der Waals surface area contributed by atoms with Gasteiger partial charge in [0.1, 0.15) is 0 Å². The predicted octanol–water partition coefficient (Wildman–Crippen LogP) is 2.24. The van der Waals surface area contributed by atoms with Gasteiger partial charge >= 0.3 is 0 Å². The minimum Gasteiger partial charge on any atom is -0.398 e. The second kappa shape index (κ2) is 7.50. The second-order valence-corrected chi connectivity index (χ2v) is 6.08. The maximum Gasteiger partial charge on any atom is 0.234 e. The molecule has 0 unspecified atom stereocenters. The number of benzene rings is 1. The summed E-state index contributed by atoms with van der Waals surface area (Å²) in [5.41, 5.74) is 7.65. The number of hydrogen-bond donors (Lipinski definition) is 2. The number of anilines is 1. The Morgan fingerprint density at radius 1 is 1.47 bits per heavy atom. The highest BCUT2D eigenvalue weighted by molar-refractivity contribution is 9.10. The molecule has 1 aromatic carbocycles. The van der Waals surface area contributed by atoms with E-state index in [1.807, 2.05) is 30.1 Å². The number of carbonyl (C=O) groups is 1. The van der Waals surface area contributed by atoms with Crippen molar-refractivity contribution in [2.24, 2.45) is 5.92 Å². The summed E-state index contributed by atoms with van der Waals surface area (Å²) >= 11 is 3.37. The van der Waals surface area contributed by atoms with Gasteiger partial charge in [-0.15, -0.1) is 0 Å². The Morgan fingerprint density at radius 2 is 2.16 bits per heavy atom. The number of nitrogens with two attached hydrogens (primary N) is 1. The highest BCUT2D eigenvalue weighted by Gasteiger charge is 2.08. The largest absolute Gasteiger partial charge is 0.398 e. The summed E-state index contributed by atoms with van der Waals surface area (Å²) in [4.78, 5) is 13.7. The lowest BCUT2D eigenvalue weighted by Gasteiger charge is -2.17. The molecule has 0 atom stereocenters. The number of hydrogen-bond acceptors (Lipinski definition) is 3. The molecule has 0 spiro atoms. The Kier molecular flexibility index (Phi) is 6.31. The standard InChI is InChI=1S/C14H22BrN3O/c1-10(2)7-17-14(19)9-18(3)8-11-4-5-12(15)13(16)6-11/h4-6,10H,7-9,16H2,1-3H3,(H,17,19). The fourth-order valence-electron chi connectivity index (χ4n) is 1.68. The van der Waals surface area contributed by atoms with E-state index in [1.54, 1.807) is 0 Å². The van der Waals surface area contributed by atoms with Crippen molar-refractivity contribution in [3.05, 3.63) is 28.2 Å². The molecule has 3 N–H and O–H groups in total. The van der Waals surface area contributed by atoms with Crippen molar-refractivity contribution >= 4 is 27.5 Å². The van der Waals surface area contributed by atoms with Crippen LogP contribution in [0.5, 0.6) is 0 Å². The third-order valence-corrected chi connectivity index (χ3v) is 3.36. The number of nitrogens with zero attached hydrogens (tertiary/aromatic N) is 1. The van der Waals surface area contributed by atoms with Crippen LogP contribution in [0.25, 0.3) is 0 Å². The fraction of sp³-hybridized carbons (Fsp3) is 0.500. The van der Waals surface area contributed by atoms with Crippen LogP contribution in [0.3, 0.4) is 0 Å². The van der Waals surface area contributed by atoms with Gasteiger partial charge in [0, 0.05) is 23.2 Å². The molecular weight excluding hydrogens is 306 g/mol. The Labute approximate surface area is 123 Å². The summed E-state index contributed by atoms with van der Waals surface area (Å²) in [6, 6.07) is 5.85. The number of likely N-dealkylation sites (N-methyl/N-ethyl adjacent to an activating group) is 1. The normalized spacial score (nSPS) is 11.1. The molecule has 0 fully saturated rings. The molecule has 106 valence electrons. The molecule has 19 heavy (non-hydrogen) atoms. The quantitative estimate of drug-likeness (QED) is 0.788. The third-order valence-electron chi connectivity index (χ3n) is 2.63. The van der Waals surface area contributed by atoms with Crippen molar-refractivity contribution in [3.63, 3.8) is 0 Å². The summed E-state index contributed by atoms with van der Waals surface area (Å²) in [6.45, 7) is 5.97. The number of amides is 1. The van der Waals surface area contributed by atoms with Crippen LogP contribution in [0.15, 0.2) is 22.7 Å². The molecule has 0 saturated heterocycles. The first-order valence-electron chi connectivity index (χ1n) is 6.37. The van der Waals surface area contributed by atoms with Crippen LogP contribution in [0.1, 0.15) is 19.4 Å². The molecule has 1 aromatic rings. The van der Waals surface area contributed by atoms with Crippen molar-refractivity contribution in [2.45, 2.75) is 20.4 Å². The second-order valence-electron chi connectivity index (χ2n) is 5.23. The highest BCUT2D eigenvalue weighted by atomic mass is 79.9. The van der Waals surface area contributed by atoms with E-state index >= 15 is 0 Å². The fourth-order valence-corrected chi connectivity index (χ4v) is 1.92. The lowest BCUT2D eigenvalue weighted by Crippen LogP contribution is -2.36. The van der Waals surface area contributed by atoms with Crippen molar-refractivity contribution in [3.8, 4) is 0 Å². The van der Waals surface area contributed by atoms with Crippen LogP contribution in [-0.2, 0) is 11.3 Å². The van der Waals surface area contributed by atoms with Crippen molar-refractivity contribution in [1.29, 1.82) is 0 Å². The number of carbonyl (C=O) groups excluding carboxylic acids is 1. The summed E-state index contributed by atoms with van der Waals surface area (Å²) in [7, 11) is 1.92. The Morgan fingerprint density at radius 3 is 2.74 bits per heavy atom. The van der Waals surface area contributed by atoms with Crippen molar-refractivity contribution in [1.82, 2.24) is 10.2 Å². The topological polar surface area (TPSA) is 58.4 Å². The van der Waals surface area contributed by atoms with E-state index in [2.05, 4.69) is 35.1 Å². The molecule has 0 aliphatic rings. The van der Waals surface area contributed by atoms with Crippen LogP contribution in [0.2, 0.25) is 0 Å². The number of rotatable bonds is 6. The molecule has 1 rings (SSSR count). The molecule has 0 aromatic heterocycles. The summed E-state index contributed by atoms with van der Waals surface area (Å²) in [5, 5.41) is 2.91. The molecule has 0 aliphatic heterocycles. The van der Waals surface area contributed by atoms with E-state index in [0.717, 1.165) is 22.3 Å². The van der Waals surface area contributed by atoms with E-state index in [4.69, 9.17) is 5.73 Å². The van der Waals surface area contributed by atoms with Gasteiger partial charge in [0.2, 0.25) is 5.91 Å². The van der Waals surface area contributed by atoms with Gasteiger partial charge in [-0.05, 0) is 46.6 Å². The number of halogens is 1. The first-order chi connectivity index (χ1) is 8.88. The molecule has 0 heterocycles. The average molecular weight is 328 g/mol. The van der Waals surface area contributed by atoms with Gasteiger partial charge < -0.3 is 11.1 Å². The zero-order valence-electron chi connectivity index (χ0n) is 11.7. The Hall–Kier alpha value is -1.07. The van der Waals surface area contributed by atoms with Gasteiger partial charge in [-0.2, -0.15) is 0 Å². The third kappa shape index (κ3) is 6.07. The minimum absolute atomic E-state index is 0.0567. The van der Waals surface area contributed by atoms with Crippen LogP contribution < -0.4 is 11.1 Å². The smallest absolute Gasteiger partial charge is 0.234 e. The number of nitrogens with one attached hydrogen (secondary N) is 1. The lowest BCUT2D eigenvalue weighted by molar-refractivity contribution is -0.122. The molecule has 0 radical (unpaired) electrons. The van der Waals surface area contributed by atoms with Crippen LogP contribution in [0.4, 0.5) is 5.69 Å². The molecule has 0 bridgehead atoms. The Bertz CT molecular complexity index is 435. The van der Waals surface area contributed by atoms with Gasteiger partial charge in [0.15, 0.2) is 0 Å². The van der Waals surface area contributed by atoms with E-state index in [9.17, 15) is 4.79 Å². The summed E-state index contributed by atoms with van der Waals surface area (Å²) < 4.78 is 0.897. The van der Waals surface area contributed by atoms with E-state index in [0.29, 0.717) is 19.0 Å². The molecule has 1 amide bonds. The molecule has 0 aliphatic carbocycles. The van der Waals surface area contributed by atoms with Crippen LogP contribution in [-0.4, -0.2) is 30.9 Å². The van der Waals surface area contributed by atoms with E-state index in [-0.39, 0.29) is 5.91 Å². The van der Waals surface area contributed by atoms with Gasteiger partial charge in [0.05, 0.1) is 6.54 Å². The van der Waals surface area contributed by atoms with Crippen molar-refractivity contribution in [2.75, 3.05) is 25.9 Å². The van der Waals surface area contributed by atoms with Gasteiger partial charge in [0.25, 0.3) is 0 Å². The molecular formula is C14H22BrN3O. The van der Waals surface area contributed by atoms with Crippen LogP contribution in [0, 0.1) is 5.92 Å². The number of nitrogen functional groups attached to an aromatic ring is 1. The first-order valence-corrected chi connectivity index (χ1v) is 7.17. The van der Waals surface area contributed by atoms with Crippen molar-refractivity contribution < 1.29 is 4.79 Å². The minimum atomic E-state index is 0.0567.